The molecule has 2 heterocycles. The summed E-state index contributed by atoms with van der Waals surface area (Å²) in [5, 5.41) is 1.25. The first-order chi connectivity index (χ1) is 20.0. The van der Waals surface area contributed by atoms with Crippen LogP contribution in [-0.4, -0.2) is 65.1 Å². The third-order valence-electron chi connectivity index (χ3n) is 8.03. The van der Waals surface area contributed by atoms with Gasteiger partial charge in [0.1, 0.15) is 17.9 Å². The van der Waals surface area contributed by atoms with Crippen LogP contribution in [0.15, 0.2) is 41.3 Å². The summed E-state index contributed by atoms with van der Waals surface area (Å²) in [7, 11) is -8.95. The summed E-state index contributed by atoms with van der Waals surface area (Å²) in [5.41, 5.74) is 2.59. The van der Waals surface area contributed by atoms with Gasteiger partial charge in [-0.05, 0) is 72.9 Å². The van der Waals surface area contributed by atoms with Crippen molar-refractivity contribution < 1.29 is 40.1 Å². The van der Waals surface area contributed by atoms with Gasteiger partial charge >= 0.3 is 10.1 Å². The zero-order valence-corrected chi connectivity index (χ0v) is 26.6. The molecule has 1 aliphatic rings. The van der Waals surface area contributed by atoms with Crippen LogP contribution in [0.25, 0.3) is 21.9 Å². The Morgan fingerprint density at radius 2 is 1.47 bits per heavy atom. The Morgan fingerprint density at radius 1 is 0.884 bits per heavy atom. The Morgan fingerprint density at radius 3 is 1.98 bits per heavy atom. The first-order valence-corrected chi connectivity index (χ1v) is 17.3. The number of fused-ring (bicyclic) bond motifs is 3. The molecule has 2 aromatic carbocycles. The molecule has 12 heteroatoms. The van der Waals surface area contributed by atoms with Crippen LogP contribution in [0.2, 0.25) is 0 Å². The number of rotatable bonds is 12. The highest BCUT2D eigenvalue weighted by molar-refractivity contribution is 7.86. The third kappa shape index (κ3) is 6.62. The molecule has 4 rings (SSSR count). The molecule has 2 N–H and O–H groups in total. The molecule has 43 heavy (non-hydrogen) atoms. The summed E-state index contributed by atoms with van der Waals surface area (Å²) >= 11 is 0. The smallest absolute Gasteiger partial charge is 0.292 e. The van der Waals surface area contributed by atoms with Crippen molar-refractivity contribution in [2.45, 2.75) is 77.0 Å². The second kappa shape index (κ2) is 12.0. The predicted octanol–water partition coefficient (Wildman–Crippen LogP) is 5.79. The van der Waals surface area contributed by atoms with Gasteiger partial charge in [-0.1, -0.05) is 26.0 Å². The second-order valence-corrected chi connectivity index (χ2v) is 14.4. The maximum Gasteiger partial charge on any atom is 0.301 e. The maximum atomic E-state index is 12.8. The third-order valence-corrected chi connectivity index (χ3v) is 9.70. The summed E-state index contributed by atoms with van der Waals surface area (Å²) in [5.74, 6) is -0.852. The SMILES string of the molecule is CCCC(=O)c1cc(-c2ccc3c4c(c(S(=O)(=O)O)cc3c2)[N+](CCCS(=O)(=O)O)=C(C)C4(C)C)cc(C(=O)CCC)n1. The summed E-state index contributed by atoms with van der Waals surface area (Å²) in [6, 6.07) is 10.1. The molecule has 0 fully saturated rings. The minimum atomic E-state index is -4.73. The van der Waals surface area contributed by atoms with Gasteiger partial charge in [0.05, 0.1) is 11.2 Å². The monoisotopic (exact) mass is 629 g/mol. The molecule has 0 saturated heterocycles. The quantitative estimate of drug-likeness (QED) is 0.144. The molecule has 0 saturated carbocycles. The van der Waals surface area contributed by atoms with Gasteiger partial charge in [-0.25, -0.2) is 4.98 Å². The van der Waals surface area contributed by atoms with Crippen molar-refractivity contribution in [3.8, 4) is 11.1 Å². The molecule has 1 aliphatic heterocycles. The summed E-state index contributed by atoms with van der Waals surface area (Å²) in [6.45, 7) is 9.54. The molecule has 3 aromatic rings. The predicted molar refractivity (Wildman–Crippen MR) is 165 cm³/mol. The van der Waals surface area contributed by atoms with Gasteiger partial charge in [0.2, 0.25) is 5.69 Å². The van der Waals surface area contributed by atoms with Crippen molar-refractivity contribution in [1.82, 2.24) is 4.98 Å². The number of hydrogen-bond donors (Lipinski definition) is 2. The Hall–Kier alpha value is -3.32. The molecule has 0 aliphatic carbocycles. The summed E-state index contributed by atoms with van der Waals surface area (Å²) < 4.78 is 69.4. The van der Waals surface area contributed by atoms with Crippen molar-refractivity contribution in [1.29, 1.82) is 0 Å². The van der Waals surface area contributed by atoms with E-state index in [0.29, 0.717) is 34.9 Å². The van der Waals surface area contributed by atoms with Crippen LogP contribution in [0.1, 0.15) is 93.3 Å². The molecule has 0 amide bonds. The number of hydrogen-bond acceptors (Lipinski definition) is 7. The van der Waals surface area contributed by atoms with Crippen molar-refractivity contribution in [2.24, 2.45) is 0 Å². The second-order valence-electron chi connectivity index (χ2n) is 11.5. The number of aromatic nitrogens is 1. The van der Waals surface area contributed by atoms with E-state index in [-0.39, 0.29) is 59.3 Å². The number of nitrogens with zero attached hydrogens (tertiary/aromatic N) is 2. The van der Waals surface area contributed by atoms with E-state index < -0.39 is 31.4 Å². The largest absolute Gasteiger partial charge is 0.301 e. The Balaban J connectivity index is 1.95. The number of ketones is 2. The number of benzene rings is 2. The van der Waals surface area contributed by atoms with Crippen LogP contribution in [0.5, 0.6) is 0 Å². The van der Waals surface area contributed by atoms with Gasteiger partial charge in [-0.15, -0.1) is 0 Å². The van der Waals surface area contributed by atoms with E-state index in [4.69, 9.17) is 0 Å². The Kier molecular flexibility index (Phi) is 9.09. The van der Waals surface area contributed by atoms with Gasteiger partial charge in [0, 0.05) is 31.7 Å². The first-order valence-electron chi connectivity index (χ1n) is 14.2. The molecule has 0 spiro atoms. The van der Waals surface area contributed by atoms with Crippen molar-refractivity contribution in [3.63, 3.8) is 0 Å². The molecule has 230 valence electrons. The highest BCUT2D eigenvalue weighted by atomic mass is 32.2. The van der Waals surface area contributed by atoms with Crippen LogP contribution in [-0.2, 0) is 25.7 Å². The van der Waals surface area contributed by atoms with Gasteiger partial charge in [-0.2, -0.15) is 21.4 Å². The van der Waals surface area contributed by atoms with Gasteiger partial charge in [0.25, 0.3) is 10.1 Å². The van der Waals surface area contributed by atoms with Crippen LogP contribution in [0, 0.1) is 0 Å². The molecule has 10 nitrogen and oxygen atoms in total. The minimum absolute atomic E-state index is 0.0355. The van der Waals surface area contributed by atoms with Crippen molar-refractivity contribution in [3.05, 3.63) is 53.3 Å². The molecule has 0 atom stereocenters. The van der Waals surface area contributed by atoms with Gasteiger partial charge < -0.3 is 0 Å². The number of pyridine rings is 1. The summed E-state index contributed by atoms with van der Waals surface area (Å²) in [6.07, 6.45) is 1.85. The highest BCUT2D eigenvalue weighted by Crippen LogP contribution is 2.48. The van der Waals surface area contributed by atoms with Crippen LogP contribution >= 0.6 is 0 Å². The molecule has 1 aromatic heterocycles. The summed E-state index contributed by atoms with van der Waals surface area (Å²) in [4.78, 5) is 29.6. The first kappa shape index (κ1) is 32.6. The topological polar surface area (TPSA) is 159 Å². The lowest BCUT2D eigenvalue weighted by Gasteiger charge is -2.18. The van der Waals surface area contributed by atoms with E-state index in [0.717, 1.165) is 11.1 Å². The fourth-order valence-electron chi connectivity index (χ4n) is 5.71. The Labute approximate surface area is 252 Å². The van der Waals surface area contributed by atoms with E-state index >= 15 is 0 Å². The molecular weight excluding hydrogens is 592 g/mol. The lowest BCUT2D eigenvalue weighted by Crippen LogP contribution is -2.27. The van der Waals surface area contributed by atoms with Crippen LogP contribution in [0.4, 0.5) is 5.69 Å². The fourth-order valence-corrected chi connectivity index (χ4v) is 6.94. The molecule has 0 radical (unpaired) electrons. The molecular formula is C31H37N2O8S2+. The van der Waals surface area contributed by atoms with Crippen molar-refractivity contribution >= 4 is 54.0 Å². The average molecular weight is 630 g/mol. The normalized spacial score (nSPS) is 14.8. The van der Waals surface area contributed by atoms with Gasteiger partial charge in [0.15, 0.2) is 22.2 Å². The average Bonchev–Trinajstić information content (AvgIpc) is 3.12. The zero-order valence-electron chi connectivity index (χ0n) is 25.0. The minimum Gasteiger partial charge on any atom is -0.292 e. The van der Waals surface area contributed by atoms with E-state index in [2.05, 4.69) is 4.98 Å². The van der Waals surface area contributed by atoms with E-state index in [1.165, 1.54) is 6.07 Å². The van der Waals surface area contributed by atoms with E-state index in [1.54, 1.807) is 22.8 Å². The standard InChI is InChI=1S/C31H36N2O8S2/c1-6-9-26(34)24-16-21(17-25(32-24)27(35)10-7-2)20-11-12-23-22(15-20)18-28(43(39,40)41)30-29(23)31(4,5)19(3)33(30)13-8-14-42(36,37)38/h11-12,15-18H,6-10,13-14H2,1-5H3,(H-,36,37,38,39,40,41)/p+1. The lowest BCUT2D eigenvalue weighted by molar-refractivity contribution is -0.441. The van der Waals surface area contributed by atoms with E-state index in [9.17, 15) is 35.5 Å². The number of carbonyl (C=O) groups is 2. The fraction of sp³-hybridized carbons (Fsp3) is 0.419. The highest BCUT2D eigenvalue weighted by Gasteiger charge is 2.47. The van der Waals surface area contributed by atoms with Gasteiger partial charge in [-0.3, -0.25) is 18.7 Å². The number of carbonyl (C=O) groups excluding carboxylic acids is 2. The molecule has 0 bridgehead atoms. The van der Waals surface area contributed by atoms with Crippen molar-refractivity contribution in [2.75, 3.05) is 12.3 Å². The van der Waals surface area contributed by atoms with Crippen LogP contribution < -0.4 is 0 Å². The van der Waals surface area contributed by atoms with E-state index in [1.807, 2.05) is 46.8 Å². The Bertz CT molecular complexity index is 1860. The van der Waals surface area contributed by atoms with Crippen LogP contribution in [0.3, 0.4) is 0 Å². The lowest BCUT2D eigenvalue weighted by atomic mass is 9.79. The zero-order chi connectivity index (χ0) is 31.9. The molecule has 0 unspecified atom stereocenters. The number of Topliss-reactive ketones (excluding diaryl/α,β-unsaturated/α-hetero) is 2. The maximum absolute atomic E-state index is 12.8.